The summed E-state index contributed by atoms with van der Waals surface area (Å²) in [5.74, 6) is 0.0710. The quantitative estimate of drug-likeness (QED) is 0.765. The third-order valence-electron chi connectivity index (χ3n) is 4.91. The van der Waals surface area contributed by atoms with E-state index in [1.165, 1.54) is 7.11 Å². The topological polar surface area (TPSA) is 87.7 Å². The number of carbonyl (C=O) groups excluding carboxylic acids is 3. The van der Waals surface area contributed by atoms with Gasteiger partial charge in [0.2, 0.25) is 11.8 Å². The number of methoxy groups -OCH3 is 1. The van der Waals surface area contributed by atoms with Gasteiger partial charge in [0.1, 0.15) is 17.8 Å². The molecule has 3 rings (SSSR count). The maximum atomic E-state index is 12.7. The van der Waals surface area contributed by atoms with Crippen molar-refractivity contribution in [1.82, 2.24) is 15.5 Å². The maximum Gasteiger partial charge on any atom is 0.255 e. The van der Waals surface area contributed by atoms with Gasteiger partial charge in [-0.3, -0.25) is 14.4 Å². The average Bonchev–Trinajstić information content (AvgIpc) is 2.65. The average molecular weight is 377 g/mol. The molecule has 26 heavy (non-hydrogen) atoms. The van der Waals surface area contributed by atoms with Gasteiger partial charge in [-0.2, -0.15) is 0 Å². The zero-order valence-corrected chi connectivity index (χ0v) is 15.9. The van der Waals surface area contributed by atoms with E-state index in [0.717, 1.165) is 4.90 Å². The molecule has 0 aliphatic carbocycles. The highest BCUT2D eigenvalue weighted by atomic mass is 32.2. The van der Waals surface area contributed by atoms with Crippen LogP contribution in [0.5, 0.6) is 5.75 Å². The van der Waals surface area contributed by atoms with Gasteiger partial charge in [0.25, 0.3) is 5.91 Å². The number of hydrogen-bond donors (Lipinski definition) is 2. The van der Waals surface area contributed by atoms with Gasteiger partial charge in [-0.1, -0.05) is 0 Å². The van der Waals surface area contributed by atoms with Crippen LogP contribution in [0, 0.1) is 0 Å². The molecule has 2 saturated heterocycles. The number of amides is 3. The Bertz CT molecular complexity index is 739. The van der Waals surface area contributed by atoms with Gasteiger partial charge >= 0.3 is 0 Å². The highest BCUT2D eigenvalue weighted by Gasteiger charge is 2.42. The number of nitrogens with one attached hydrogen (secondary N) is 2. The lowest BCUT2D eigenvalue weighted by Crippen LogP contribution is -2.66. The summed E-state index contributed by atoms with van der Waals surface area (Å²) in [5, 5.41) is 5.68. The van der Waals surface area contributed by atoms with Crippen molar-refractivity contribution in [2.45, 2.75) is 42.8 Å². The molecule has 2 fully saturated rings. The molecule has 1 aromatic carbocycles. The van der Waals surface area contributed by atoms with Gasteiger partial charge in [-0.15, -0.1) is 11.8 Å². The fraction of sp³-hybridized carbons (Fsp3) is 0.500. The molecular formula is C18H23N3O4S. The molecule has 8 heteroatoms. The molecule has 2 aliphatic rings. The third kappa shape index (κ3) is 3.51. The number of ether oxygens (including phenoxy) is 1. The van der Waals surface area contributed by atoms with E-state index in [2.05, 4.69) is 10.6 Å². The molecule has 0 radical (unpaired) electrons. The van der Waals surface area contributed by atoms with E-state index in [1.54, 1.807) is 29.7 Å². The first-order chi connectivity index (χ1) is 12.4. The van der Waals surface area contributed by atoms with Crippen molar-refractivity contribution in [3.8, 4) is 5.75 Å². The molecule has 2 aliphatic heterocycles. The highest BCUT2D eigenvalue weighted by molar-refractivity contribution is 7.98. The molecule has 0 spiro atoms. The number of benzene rings is 1. The Hall–Kier alpha value is -2.22. The molecular weight excluding hydrogens is 354 g/mol. The van der Waals surface area contributed by atoms with Crippen molar-refractivity contribution >= 4 is 29.5 Å². The largest absolute Gasteiger partial charge is 0.496 e. The first-order valence-corrected chi connectivity index (χ1v) is 9.80. The number of piperazine rings is 1. The summed E-state index contributed by atoms with van der Waals surface area (Å²) in [7, 11) is 1.54. The van der Waals surface area contributed by atoms with E-state index in [4.69, 9.17) is 4.74 Å². The first-order valence-electron chi connectivity index (χ1n) is 8.58. The molecule has 7 nitrogen and oxygen atoms in total. The standard InChI is InChI=1S/C18H23N3O4S/c1-10-18(24)21-7-6-11(8-14(21)17(23)19-10)20-16(22)13-5-4-12(26-3)9-15(13)25-2/h4-5,9-11,14H,6-8H2,1-3H3,(H,19,23)(H,20,22)/t10-,11-,14-/m0/s1. The van der Waals surface area contributed by atoms with Crippen molar-refractivity contribution in [3.05, 3.63) is 23.8 Å². The summed E-state index contributed by atoms with van der Waals surface area (Å²) in [4.78, 5) is 39.7. The van der Waals surface area contributed by atoms with E-state index in [9.17, 15) is 14.4 Å². The molecule has 0 unspecified atom stereocenters. The van der Waals surface area contributed by atoms with Gasteiger partial charge in [0, 0.05) is 17.5 Å². The zero-order valence-electron chi connectivity index (χ0n) is 15.1. The van der Waals surface area contributed by atoms with Crippen molar-refractivity contribution in [2.24, 2.45) is 0 Å². The van der Waals surface area contributed by atoms with E-state index in [-0.39, 0.29) is 23.8 Å². The summed E-state index contributed by atoms with van der Waals surface area (Å²) >= 11 is 1.57. The van der Waals surface area contributed by atoms with Gasteiger partial charge < -0.3 is 20.3 Å². The maximum absolute atomic E-state index is 12.7. The molecule has 3 atom stereocenters. The molecule has 0 bridgehead atoms. The smallest absolute Gasteiger partial charge is 0.255 e. The van der Waals surface area contributed by atoms with Crippen molar-refractivity contribution in [3.63, 3.8) is 0 Å². The first kappa shape index (κ1) is 18.6. The minimum Gasteiger partial charge on any atom is -0.496 e. The van der Waals surface area contributed by atoms with Crippen LogP contribution in [0.3, 0.4) is 0 Å². The minimum atomic E-state index is -0.515. The molecule has 1 aromatic rings. The third-order valence-corrected chi connectivity index (χ3v) is 5.63. The summed E-state index contributed by atoms with van der Waals surface area (Å²) in [6.07, 6.45) is 3.00. The fourth-order valence-electron chi connectivity index (χ4n) is 3.48. The molecule has 2 N–H and O–H groups in total. The fourth-order valence-corrected chi connectivity index (χ4v) is 3.91. The Morgan fingerprint density at radius 3 is 2.85 bits per heavy atom. The van der Waals surface area contributed by atoms with Crippen LogP contribution >= 0.6 is 11.8 Å². The van der Waals surface area contributed by atoms with Gasteiger partial charge in [-0.05, 0) is 44.2 Å². The van der Waals surface area contributed by atoms with Crippen LogP contribution in [-0.4, -0.2) is 60.7 Å². The minimum absolute atomic E-state index is 0.0614. The number of piperidine rings is 1. The predicted molar refractivity (Wildman–Crippen MR) is 98.4 cm³/mol. The Balaban J connectivity index is 1.70. The molecule has 140 valence electrons. The lowest BCUT2D eigenvalue weighted by atomic mass is 9.93. The summed E-state index contributed by atoms with van der Waals surface area (Å²) in [5.41, 5.74) is 0.463. The normalized spacial score (nSPS) is 25.3. The number of fused-ring (bicyclic) bond motifs is 1. The Labute approximate surface area is 156 Å². The van der Waals surface area contributed by atoms with Crippen LogP contribution < -0.4 is 15.4 Å². The number of carbonyl (C=O) groups is 3. The summed E-state index contributed by atoms with van der Waals surface area (Å²) in [6.45, 7) is 2.16. The second-order valence-electron chi connectivity index (χ2n) is 6.54. The Kier molecular flexibility index (Phi) is 5.41. The lowest BCUT2D eigenvalue weighted by Gasteiger charge is -2.43. The molecule has 2 heterocycles. The van der Waals surface area contributed by atoms with Crippen LogP contribution in [-0.2, 0) is 9.59 Å². The van der Waals surface area contributed by atoms with E-state index >= 15 is 0 Å². The number of thioether (sulfide) groups is 1. The van der Waals surface area contributed by atoms with Gasteiger partial charge in [0.15, 0.2) is 0 Å². The van der Waals surface area contributed by atoms with E-state index in [0.29, 0.717) is 30.7 Å². The monoisotopic (exact) mass is 377 g/mol. The van der Waals surface area contributed by atoms with Gasteiger partial charge in [0.05, 0.1) is 12.7 Å². The number of nitrogens with zero attached hydrogens (tertiary/aromatic N) is 1. The van der Waals surface area contributed by atoms with Crippen molar-refractivity contribution in [1.29, 1.82) is 0 Å². The lowest BCUT2D eigenvalue weighted by molar-refractivity contribution is -0.151. The summed E-state index contributed by atoms with van der Waals surface area (Å²) < 4.78 is 5.34. The van der Waals surface area contributed by atoms with Crippen molar-refractivity contribution < 1.29 is 19.1 Å². The highest BCUT2D eigenvalue weighted by Crippen LogP contribution is 2.26. The van der Waals surface area contributed by atoms with Crippen LogP contribution in [0.25, 0.3) is 0 Å². The Morgan fingerprint density at radius 1 is 1.38 bits per heavy atom. The SMILES string of the molecule is COc1cc(SC)ccc1C(=O)N[C@H]1CCN2C(=O)[C@H](C)NC(=O)[C@@H]2C1. The predicted octanol–water partition coefficient (Wildman–Crippen LogP) is 1.02. The molecule has 3 amide bonds. The summed E-state index contributed by atoms with van der Waals surface area (Å²) in [6, 6.07) is 4.28. The molecule has 0 saturated carbocycles. The number of rotatable bonds is 4. The van der Waals surface area contributed by atoms with Crippen LogP contribution in [0.1, 0.15) is 30.1 Å². The van der Waals surface area contributed by atoms with Crippen LogP contribution in [0.4, 0.5) is 0 Å². The van der Waals surface area contributed by atoms with E-state index in [1.807, 2.05) is 18.4 Å². The van der Waals surface area contributed by atoms with Crippen molar-refractivity contribution in [2.75, 3.05) is 19.9 Å². The van der Waals surface area contributed by atoms with Crippen LogP contribution in [0.15, 0.2) is 23.1 Å². The number of hydrogen-bond acceptors (Lipinski definition) is 5. The Morgan fingerprint density at radius 2 is 2.15 bits per heavy atom. The zero-order chi connectivity index (χ0) is 18.8. The van der Waals surface area contributed by atoms with E-state index < -0.39 is 12.1 Å². The molecule has 0 aromatic heterocycles. The second kappa shape index (κ2) is 7.57. The second-order valence-corrected chi connectivity index (χ2v) is 7.42. The van der Waals surface area contributed by atoms with Gasteiger partial charge in [-0.25, -0.2) is 0 Å². The van der Waals surface area contributed by atoms with Crippen LogP contribution in [0.2, 0.25) is 0 Å².